The second-order valence-electron chi connectivity index (χ2n) is 5.32. The first-order valence-electron chi connectivity index (χ1n) is 7.02. The van der Waals surface area contributed by atoms with Crippen molar-refractivity contribution >= 4 is 23.4 Å². The number of thioether (sulfide) groups is 1. The fourth-order valence-electron chi connectivity index (χ4n) is 2.68. The van der Waals surface area contributed by atoms with Gasteiger partial charge in [0, 0.05) is 42.8 Å². The van der Waals surface area contributed by atoms with Gasteiger partial charge in [-0.25, -0.2) is 9.97 Å². The van der Waals surface area contributed by atoms with Crippen molar-refractivity contribution in [2.75, 3.05) is 12.8 Å². The van der Waals surface area contributed by atoms with Gasteiger partial charge in [-0.1, -0.05) is 35.5 Å². The molecule has 0 spiro atoms. The van der Waals surface area contributed by atoms with E-state index in [0.717, 1.165) is 36.2 Å². The molecule has 2 aromatic rings. The summed E-state index contributed by atoms with van der Waals surface area (Å²) in [6, 6.07) is 6.09. The highest BCUT2D eigenvalue weighted by Gasteiger charge is 2.19. The minimum Gasteiger partial charge on any atom is -0.294 e. The molecule has 0 atom stereocenters. The lowest BCUT2D eigenvalue weighted by atomic mass is 10.0. The first-order chi connectivity index (χ1) is 10.2. The summed E-state index contributed by atoms with van der Waals surface area (Å²) in [4.78, 5) is 11.4. The number of hydrogen-bond acceptors (Lipinski definition) is 4. The largest absolute Gasteiger partial charge is 0.294 e. The fraction of sp³-hybridized carbons (Fsp3) is 0.375. The molecule has 0 N–H and O–H groups in total. The predicted octanol–water partition coefficient (Wildman–Crippen LogP) is 3.72. The molecule has 21 heavy (non-hydrogen) atoms. The van der Waals surface area contributed by atoms with E-state index in [4.69, 9.17) is 11.6 Å². The van der Waals surface area contributed by atoms with Crippen molar-refractivity contribution in [3.05, 3.63) is 51.8 Å². The molecule has 5 heteroatoms. The number of fused-ring (bicyclic) bond motifs is 1. The van der Waals surface area contributed by atoms with Crippen LogP contribution in [0.2, 0.25) is 5.02 Å². The number of rotatable bonds is 3. The molecule has 3 nitrogen and oxygen atoms in total. The van der Waals surface area contributed by atoms with Gasteiger partial charge in [0.15, 0.2) is 5.16 Å². The first kappa shape index (κ1) is 14.8. The number of aromatic nitrogens is 2. The van der Waals surface area contributed by atoms with Crippen molar-refractivity contribution < 1.29 is 0 Å². The van der Waals surface area contributed by atoms with Gasteiger partial charge in [-0.15, -0.1) is 0 Å². The quantitative estimate of drug-likeness (QED) is 0.637. The molecular formula is C16H18ClN3S. The van der Waals surface area contributed by atoms with Gasteiger partial charge in [0.1, 0.15) is 0 Å². The summed E-state index contributed by atoms with van der Waals surface area (Å²) in [5.41, 5.74) is 4.91. The van der Waals surface area contributed by atoms with Crippen LogP contribution in [0.15, 0.2) is 29.6 Å². The van der Waals surface area contributed by atoms with Crippen molar-refractivity contribution in [2.24, 2.45) is 0 Å². The van der Waals surface area contributed by atoms with Crippen molar-refractivity contribution in [3.63, 3.8) is 0 Å². The molecule has 0 fully saturated rings. The van der Waals surface area contributed by atoms with Gasteiger partial charge in [-0.3, -0.25) is 4.90 Å². The van der Waals surface area contributed by atoms with Gasteiger partial charge in [-0.2, -0.15) is 0 Å². The molecule has 0 radical (unpaired) electrons. The highest BCUT2D eigenvalue weighted by Crippen LogP contribution is 2.25. The number of benzene rings is 1. The Balaban J connectivity index is 1.77. The summed E-state index contributed by atoms with van der Waals surface area (Å²) in [6.07, 6.45) is 4.96. The zero-order valence-corrected chi connectivity index (χ0v) is 13.8. The van der Waals surface area contributed by atoms with Gasteiger partial charge in [0.05, 0.1) is 5.69 Å². The van der Waals surface area contributed by atoms with Crippen LogP contribution in [0.25, 0.3) is 0 Å². The van der Waals surface area contributed by atoms with Crippen LogP contribution in [0.1, 0.15) is 22.4 Å². The minimum atomic E-state index is 0.856. The van der Waals surface area contributed by atoms with Crippen LogP contribution in [-0.2, 0) is 19.5 Å². The molecule has 0 aliphatic carbocycles. The Morgan fingerprint density at radius 2 is 2.24 bits per heavy atom. The normalized spacial score (nSPS) is 15.0. The SMILES string of the molecule is CSc1ncc2c(n1)CCN(Cc1c(C)cccc1Cl)C2. The maximum atomic E-state index is 6.33. The standard InChI is InChI=1S/C16H18ClN3S/c1-11-4-3-5-14(17)13(11)10-20-7-6-15-12(9-20)8-18-16(19-15)21-2/h3-5,8H,6-7,9-10H2,1-2H3. The van der Waals surface area contributed by atoms with E-state index < -0.39 is 0 Å². The maximum Gasteiger partial charge on any atom is 0.187 e. The molecule has 0 bridgehead atoms. The van der Waals surface area contributed by atoms with Crippen LogP contribution < -0.4 is 0 Å². The molecule has 1 aromatic carbocycles. The van der Waals surface area contributed by atoms with Gasteiger partial charge >= 0.3 is 0 Å². The first-order valence-corrected chi connectivity index (χ1v) is 8.63. The van der Waals surface area contributed by atoms with Gasteiger partial charge in [0.25, 0.3) is 0 Å². The monoisotopic (exact) mass is 319 g/mol. The number of halogens is 1. The summed E-state index contributed by atoms with van der Waals surface area (Å²) in [7, 11) is 0. The molecule has 3 rings (SSSR count). The van der Waals surface area contributed by atoms with Crippen LogP contribution in [0.5, 0.6) is 0 Å². The topological polar surface area (TPSA) is 29.0 Å². The molecule has 110 valence electrons. The van der Waals surface area contributed by atoms with Crippen molar-refractivity contribution in [2.45, 2.75) is 31.6 Å². The molecule has 1 aliphatic heterocycles. The zero-order chi connectivity index (χ0) is 14.8. The van der Waals surface area contributed by atoms with Crippen molar-refractivity contribution in [1.82, 2.24) is 14.9 Å². The Hall–Kier alpha value is -1.10. The highest BCUT2D eigenvalue weighted by atomic mass is 35.5. The second kappa shape index (κ2) is 6.34. The van der Waals surface area contributed by atoms with Crippen LogP contribution >= 0.6 is 23.4 Å². The van der Waals surface area contributed by atoms with Gasteiger partial charge in [-0.05, 0) is 30.4 Å². The summed E-state index contributed by atoms with van der Waals surface area (Å²) in [5.74, 6) is 0. The fourth-order valence-corrected chi connectivity index (χ4v) is 3.32. The van der Waals surface area contributed by atoms with E-state index in [1.54, 1.807) is 11.8 Å². The van der Waals surface area contributed by atoms with E-state index in [2.05, 4.69) is 27.9 Å². The molecule has 1 aromatic heterocycles. The van der Waals surface area contributed by atoms with E-state index in [0.29, 0.717) is 0 Å². The van der Waals surface area contributed by atoms with Crippen molar-refractivity contribution in [1.29, 1.82) is 0 Å². The summed E-state index contributed by atoms with van der Waals surface area (Å²) in [5, 5.41) is 1.72. The molecule has 2 heterocycles. The lowest BCUT2D eigenvalue weighted by molar-refractivity contribution is 0.241. The van der Waals surface area contributed by atoms with E-state index in [9.17, 15) is 0 Å². The van der Waals surface area contributed by atoms with Gasteiger partial charge in [0.2, 0.25) is 0 Å². The Kier molecular flexibility index (Phi) is 4.48. The number of hydrogen-bond donors (Lipinski definition) is 0. The number of nitrogens with zero attached hydrogens (tertiary/aromatic N) is 3. The third-order valence-electron chi connectivity index (χ3n) is 3.91. The molecular weight excluding hydrogens is 302 g/mol. The van der Waals surface area contributed by atoms with Gasteiger partial charge < -0.3 is 0 Å². The Bertz CT molecular complexity index is 640. The number of aryl methyl sites for hydroxylation is 1. The van der Waals surface area contributed by atoms with E-state index in [-0.39, 0.29) is 0 Å². The lowest BCUT2D eigenvalue weighted by Gasteiger charge is -2.28. The molecule has 1 aliphatic rings. The van der Waals surface area contributed by atoms with E-state index in [1.165, 1.54) is 22.4 Å². The Morgan fingerprint density at radius 3 is 3.00 bits per heavy atom. The van der Waals surface area contributed by atoms with Crippen LogP contribution in [0, 0.1) is 6.92 Å². The average Bonchev–Trinajstić information content (AvgIpc) is 2.50. The zero-order valence-electron chi connectivity index (χ0n) is 12.3. The lowest BCUT2D eigenvalue weighted by Crippen LogP contribution is -2.31. The van der Waals surface area contributed by atoms with Crippen LogP contribution in [0.4, 0.5) is 0 Å². The summed E-state index contributed by atoms with van der Waals surface area (Å²) in [6.45, 7) is 4.92. The second-order valence-corrected chi connectivity index (χ2v) is 6.51. The van der Waals surface area contributed by atoms with E-state index in [1.807, 2.05) is 24.6 Å². The Morgan fingerprint density at radius 1 is 1.38 bits per heavy atom. The minimum absolute atomic E-state index is 0.856. The molecule has 0 unspecified atom stereocenters. The summed E-state index contributed by atoms with van der Waals surface area (Å²) >= 11 is 7.93. The van der Waals surface area contributed by atoms with Crippen LogP contribution in [-0.4, -0.2) is 27.7 Å². The van der Waals surface area contributed by atoms with Crippen molar-refractivity contribution in [3.8, 4) is 0 Å². The highest BCUT2D eigenvalue weighted by molar-refractivity contribution is 7.98. The molecule has 0 amide bonds. The third-order valence-corrected chi connectivity index (χ3v) is 4.82. The Labute approximate surface area is 134 Å². The smallest absolute Gasteiger partial charge is 0.187 e. The summed E-state index contributed by atoms with van der Waals surface area (Å²) < 4.78 is 0. The van der Waals surface area contributed by atoms with E-state index >= 15 is 0 Å². The predicted molar refractivity (Wildman–Crippen MR) is 87.8 cm³/mol. The van der Waals surface area contributed by atoms with Crippen LogP contribution in [0.3, 0.4) is 0 Å². The maximum absolute atomic E-state index is 6.33. The molecule has 0 saturated heterocycles. The third kappa shape index (κ3) is 3.23. The molecule has 0 saturated carbocycles. The average molecular weight is 320 g/mol.